The number of nitriles is 1. The van der Waals surface area contributed by atoms with E-state index in [0.29, 0.717) is 21.8 Å². The van der Waals surface area contributed by atoms with Crippen LogP contribution in [-0.2, 0) is 15.6 Å². The summed E-state index contributed by atoms with van der Waals surface area (Å²) in [5.41, 5.74) is 8.60. The number of unbranched alkanes of at least 4 members (excludes halogenated alkanes) is 4. The Bertz CT molecular complexity index is 1810. The molecule has 0 N–H and O–H groups in total. The standard InChI is InChI=1S/C51H69N3O/c1-7-9-11-15-48-17-23-50(24-18-48,25-19-48)44-36-39(43(37-52)53-6)35-40(55-44)14-13-38-33-41-45-42(34-38)47(5,30-32-54(45)31-29-46(41,3)4)51-26-20-49(21-27-51,22-28-51)16-12-10-8-2/h13-14,33-36H,7-12,15-32H2,1-5H3. The lowest BCUT2D eigenvalue weighted by Gasteiger charge is -2.63. The maximum absolute atomic E-state index is 10.0. The van der Waals surface area contributed by atoms with Gasteiger partial charge in [-0.25, -0.2) is 10.1 Å². The Balaban J connectivity index is 1.11. The van der Waals surface area contributed by atoms with Crippen molar-refractivity contribution < 1.29 is 4.74 Å². The fourth-order valence-corrected chi connectivity index (χ4v) is 13.3. The average Bonchev–Trinajstić information content (AvgIpc) is 3.21. The molecule has 6 fully saturated rings. The molecule has 4 bridgehead atoms. The molecule has 1 atom stereocenters. The van der Waals surface area contributed by atoms with Gasteiger partial charge in [0.15, 0.2) is 0 Å². The monoisotopic (exact) mass is 740 g/mol. The first-order chi connectivity index (χ1) is 26.5. The molecule has 3 aliphatic heterocycles. The third-order valence-corrected chi connectivity index (χ3v) is 17.5. The van der Waals surface area contributed by atoms with Crippen molar-refractivity contribution in [3.8, 4) is 6.07 Å². The molecule has 1 aromatic carbocycles. The van der Waals surface area contributed by atoms with E-state index in [1.807, 2.05) is 6.08 Å². The molecule has 10 rings (SSSR count). The summed E-state index contributed by atoms with van der Waals surface area (Å²) in [7, 11) is 0. The van der Waals surface area contributed by atoms with Gasteiger partial charge in [-0.1, -0.05) is 79.2 Å². The number of hydrogen-bond acceptors (Lipinski definition) is 3. The van der Waals surface area contributed by atoms with Gasteiger partial charge in [0.25, 0.3) is 5.70 Å². The molecule has 4 nitrogen and oxygen atoms in total. The van der Waals surface area contributed by atoms with Crippen LogP contribution in [0.1, 0.15) is 193 Å². The van der Waals surface area contributed by atoms with Crippen LogP contribution in [0.15, 0.2) is 53.1 Å². The van der Waals surface area contributed by atoms with Gasteiger partial charge in [-0.2, -0.15) is 0 Å². The molecule has 0 radical (unpaired) electrons. The van der Waals surface area contributed by atoms with Gasteiger partial charge in [-0.05, 0) is 177 Å². The number of anilines is 1. The number of benzene rings is 1. The van der Waals surface area contributed by atoms with Crippen LogP contribution in [-0.4, -0.2) is 13.1 Å². The summed E-state index contributed by atoms with van der Waals surface area (Å²) >= 11 is 0. The van der Waals surface area contributed by atoms with Crippen LogP contribution in [0.25, 0.3) is 10.9 Å². The highest BCUT2D eigenvalue weighted by atomic mass is 16.5. The third kappa shape index (κ3) is 6.65. The van der Waals surface area contributed by atoms with E-state index < -0.39 is 0 Å². The normalized spacial score (nSPS) is 35.4. The van der Waals surface area contributed by atoms with Gasteiger partial charge in [-0.15, -0.1) is 0 Å². The fraction of sp³-hybridized carbons (Fsp3) is 0.686. The quantitative estimate of drug-likeness (QED) is 0.122. The predicted octanol–water partition coefficient (Wildman–Crippen LogP) is 14.2. The van der Waals surface area contributed by atoms with Gasteiger partial charge in [-0.3, -0.25) is 0 Å². The Hall–Kier alpha value is -3.24. The molecule has 0 saturated heterocycles. The Morgan fingerprint density at radius 1 is 0.764 bits per heavy atom. The van der Waals surface area contributed by atoms with Gasteiger partial charge >= 0.3 is 0 Å². The number of rotatable bonds is 12. The van der Waals surface area contributed by atoms with Crippen molar-refractivity contribution in [2.24, 2.45) is 21.7 Å². The van der Waals surface area contributed by atoms with Crippen molar-refractivity contribution in [3.63, 3.8) is 0 Å². The van der Waals surface area contributed by atoms with Crippen molar-refractivity contribution in [1.29, 1.82) is 5.26 Å². The minimum atomic E-state index is 0.00583. The first-order valence-electron chi connectivity index (χ1n) is 22.7. The Labute approximate surface area is 334 Å². The van der Waals surface area contributed by atoms with E-state index in [-0.39, 0.29) is 21.9 Å². The van der Waals surface area contributed by atoms with E-state index >= 15 is 0 Å². The second kappa shape index (κ2) is 14.6. The van der Waals surface area contributed by atoms with E-state index in [1.165, 1.54) is 140 Å². The van der Waals surface area contributed by atoms with E-state index in [9.17, 15) is 5.26 Å². The zero-order valence-corrected chi connectivity index (χ0v) is 35.2. The van der Waals surface area contributed by atoms with E-state index in [1.54, 1.807) is 11.3 Å². The van der Waals surface area contributed by atoms with Gasteiger partial charge in [0.05, 0.1) is 12.6 Å². The molecular weight excluding hydrogens is 671 g/mol. The minimum absolute atomic E-state index is 0.00583. The van der Waals surface area contributed by atoms with Crippen molar-refractivity contribution in [1.82, 2.24) is 0 Å². The van der Waals surface area contributed by atoms with Crippen LogP contribution in [0.2, 0.25) is 0 Å². The Morgan fingerprint density at radius 3 is 1.93 bits per heavy atom. The number of hydrogen-bond donors (Lipinski definition) is 0. The highest BCUT2D eigenvalue weighted by Crippen LogP contribution is 2.68. The minimum Gasteiger partial charge on any atom is -0.461 e. The van der Waals surface area contributed by atoms with Crippen molar-refractivity contribution in [3.05, 3.63) is 81.3 Å². The van der Waals surface area contributed by atoms with Crippen LogP contribution in [0.3, 0.4) is 0 Å². The summed E-state index contributed by atoms with van der Waals surface area (Å²) < 4.78 is 6.91. The summed E-state index contributed by atoms with van der Waals surface area (Å²) in [6.07, 6.45) is 37.5. The van der Waals surface area contributed by atoms with Crippen LogP contribution in [0.4, 0.5) is 5.69 Å². The van der Waals surface area contributed by atoms with Crippen LogP contribution >= 0.6 is 0 Å². The molecule has 4 heteroatoms. The van der Waals surface area contributed by atoms with E-state index in [2.05, 4.69) is 80.8 Å². The molecule has 3 heterocycles. The maximum atomic E-state index is 10.0. The predicted molar refractivity (Wildman–Crippen MR) is 227 cm³/mol. The zero-order valence-electron chi connectivity index (χ0n) is 35.2. The Kier molecular flexibility index (Phi) is 10.3. The first-order valence-corrected chi connectivity index (χ1v) is 22.7. The molecule has 0 aromatic heterocycles. The van der Waals surface area contributed by atoms with Crippen LogP contribution in [0.5, 0.6) is 0 Å². The largest absolute Gasteiger partial charge is 0.461 e. The number of fused-ring (bicyclic) bond motifs is 6. The zero-order chi connectivity index (χ0) is 38.5. The molecule has 1 unspecified atom stereocenters. The summed E-state index contributed by atoms with van der Waals surface area (Å²) in [6.45, 7) is 22.4. The molecule has 1 aromatic rings. The van der Waals surface area contributed by atoms with Crippen molar-refractivity contribution in [2.75, 3.05) is 18.0 Å². The highest BCUT2D eigenvalue weighted by Gasteiger charge is 2.59. The lowest BCUT2D eigenvalue weighted by Crippen LogP contribution is -2.56. The molecule has 55 heavy (non-hydrogen) atoms. The molecule has 0 spiro atoms. The number of ether oxygens (including phenoxy) is 1. The molecule has 6 aliphatic carbocycles. The van der Waals surface area contributed by atoms with E-state index in [0.717, 1.165) is 37.3 Å². The molecule has 0 amide bonds. The first kappa shape index (κ1) is 38.6. The highest BCUT2D eigenvalue weighted by molar-refractivity contribution is 5.73. The van der Waals surface area contributed by atoms with Gasteiger partial charge in [0.2, 0.25) is 0 Å². The topological polar surface area (TPSA) is 40.6 Å². The van der Waals surface area contributed by atoms with Crippen molar-refractivity contribution in [2.45, 2.75) is 187 Å². The number of nitrogens with zero attached hydrogens (tertiary/aromatic N) is 3. The third-order valence-electron chi connectivity index (χ3n) is 17.5. The summed E-state index contributed by atoms with van der Waals surface area (Å²) in [6, 6.07) is 7.26. The maximum Gasteiger partial charge on any atom is 0.269 e. The second-order valence-corrected chi connectivity index (χ2v) is 20.7. The smallest absolute Gasteiger partial charge is 0.269 e. The van der Waals surface area contributed by atoms with Crippen LogP contribution < -0.4 is 4.90 Å². The molecule has 294 valence electrons. The molecular formula is C51H69N3O. The number of allylic oxidation sites excluding steroid dienone is 6. The summed E-state index contributed by atoms with van der Waals surface area (Å²) in [5.74, 6) is 1.75. The second-order valence-electron chi connectivity index (χ2n) is 20.7. The van der Waals surface area contributed by atoms with Gasteiger partial charge < -0.3 is 9.64 Å². The Morgan fingerprint density at radius 2 is 1.35 bits per heavy atom. The van der Waals surface area contributed by atoms with E-state index in [4.69, 9.17) is 11.3 Å². The fourth-order valence-electron chi connectivity index (χ4n) is 13.3. The lowest BCUT2D eigenvalue weighted by molar-refractivity contribution is -0.0662. The molecule has 9 aliphatic rings. The summed E-state index contributed by atoms with van der Waals surface area (Å²) in [4.78, 5) is 6.41. The van der Waals surface area contributed by atoms with Gasteiger partial charge in [0, 0.05) is 29.6 Å². The summed E-state index contributed by atoms with van der Waals surface area (Å²) in [5, 5.41) is 10.0. The lowest BCUT2D eigenvalue weighted by atomic mass is 9.43. The molecule has 6 saturated carbocycles. The van der Waals surface area contributed by atoms with Gasteiger partial charge in [0.1, 0.15) is 11.5 Å². The van der Waals surface area contributed by atoms with Crippen LogP contribution in [0, 0.1) is 39.6 Å². The van der Waals surface area contributed by atoms with Crippen molar-refractivity contribution >= 4 is 11.8 Å². The SMILES string of the molecule is [C-]#[N+]C(C#N)=C1C=C(C=Cc2cc3c4c(c2)C(C)(C25CCC(CCCCC)(CC2)CC5)CCN4CCC3(C)C)OC(C23CCC(CCCCC)(CC2)CC3)=C1. The average molecular weight is 740 g/mol.